The fourth-order valence-corrected chi connectivity index (χ4v) is 3.50. The second-order valence-corrected chi connectivity index (χ2v) is 7.22. The Morgan fingerprint density at radius 2 is 1.97 bits per heavy atom. The lowest BCUT2D eigenvalue weighted by atomic mass is 10.1. The van der Waals surface area contributed by atoms with Crippen LogP contribution in [0.4, 0.5) is 16.2 Å². The second kappa shape index (κ2) is 7.98. The van der Waals surface area contributed by atoms with Crippen LogP contribution < -0.4 is 15.4 Å². The van der Waals surface area contributed by atoms with Crippen molar-refractivity contribution in [1.82, 2.24) is 29.4 Å². The smallest absolute Gasteiger partial charge is 0.323 e. The number of nitrogens with one attached hydrogen (secondary N) is 2. The first kappa shape index (κ1) is 20.2. The average molecular weight is 468 g/mol. The number of hydrogen-bond donors (Lipinski definition) is 2. The van der Waals surface area contributed by atoms with Crippen molar-refractivity contribution in [2.24, 2.45) is 7.05 Å². The van der Waals surface area contributed by atoms with Crippen LogP contribution in [0.1, 0.15) is 0 Å². The van der Waals surface area contributed by atoms with Crippen molar-refractivity contribution in [3.8, 4) is 17.0 Å². The Balaban J connectivity index is 1.70. The van der Waals surface area contributed by atoms with E-state index in [0.29, 0.717) is 28.1 Å². The van der Waals surface area contributed by atoms with Gasteiger partial charge in [0.1, 0.15) is 10.2 Å². The number of methoxy groups -OCH3 is 1. The molecule has 0 unspecified atom stereocenters. The molecule has 4 rings (SSSR count). The van der Waals surface area contributed by atoms with E-state index in [9.17, 15) is 4.79 Å². The number of pyridine rings is 1. The molecule has 30 heavy (non-hydrogen) atoms. The second-order valence-electron chi connectivity index (χ2n) is 6.07. The van der Waals surface area contributed by atoms with Gasteiger partial charge < -0.3 is 15.4 Å². The number of anilines is 2. The van der Waals surface area contributed by atoms with E-state index in [1.807, 2.05) is 0 Å². The molecule has 4 heterocycles. The fourth-order valence-electron chi connectivity index (χ4n) is 2.82. The summed E-state index contributed by atoms with van der Waals surface area (Å²) in [6, 6.07) is 0.963. The Morgan fingerprint density at radius 1 is 1.17 bits per heavy atom. The van der Waals surface area contributed by atoms with Crippen LogP contribution in [0.15, 0.2) is 30.9 Å². The van der Waals surface area contributed by atoms with Gasteiger partial charge in [-0.15, -0.1) is 0 Å². The summed E-state index contributed by atoms with van der Waals surface area (Å²) in [5.74, 6) is 0.252. The number of carbonyl (C=O) groups excluding carboxylic acids is 1. The molecule has 0 saturated heterocycles. The molecule has 0 radical (unpaired) electrons. The molecule has 2 amide bonds. The molecule has 0 aliphatic rings. The van der Waals surface area contributed by atoms with Gasteiger partial charge in [0.25, 0.3) is 0 Å². The highest BCUT2D eigenvalue weighted by Gasteiger charge is 2.20. The number of carbonyl (C=O) groups is 1. The lowest BCUT2D eigenvalue weighted by molar-refractivity contribution is 0.262. The van der Waals surface area contributed by atoms with Crippen LogP contribution >= 0.6 is 34.8 Å². The number of fused-ring (bicyclic) bond motifs is 1. The molecule has 13 heteroatoms. The molecule has 2 N–H and O–H groups in total. The number of imidazole rings is 1. The van der Waals surface area contributed by atoms with Crippen LogP contribution in [0, 0.1) is 0 Å². The van der Waals surface area contributed by atoms with Crippen molar-refractivity contribution in [2.75, 3.05) is 17.7 Å². The zero-order chi connectivity index (χ0) is 21.4. The number of amides is 2. The van der Waals surface area contributed by atoms with Crippen LogP contribution in [0.3, 0.4) is 0 Å². The monoisotopic (exact) mass is 466 g/mol. The van der Waals surface area contributed by atoms with Crippen LogP contribution in [-0.4, -0.2) is 42.5 Å². The van der Waals surface area contributed by atoms with E-state index in [2.05, 4.69) is 30.8 Å². The highest BCUT2D eigenvalue weighted by molar-refractivity contribution is 6.33. The first-order valence-corrected chi connectivity index (χ1v) is 9.50. The first-order valence-electron chi connectivity index (χ1n) is 8.36. The molecule has 0 saturated carbocycles. The van der Waals surface area contributed by atoms with Crippen LogP contribution in [-0.2, 0) is 7.05 Å². The summed E-state index contributed by atoms with van der Waals surface area (Å²) in [6.45, 7) is 0. The zero-order valence-corrected chi connectivity index (χ0v) is 17.8. The number of urea groups is 1. The summed E-state index contributed by atoms with van der Waals surface area (Å²) in [5.41, 5.74) is 2.19. The molecule has 0 bridgehead atoms. The minimum atomic E-state index is -0.553. The van der Waals surface area contributed by atoms with Gasteiger partial charge in [-0.05, 0) is 6.07 Å². The van der Waals surface area contributed by atoms with E-state index in [4.69, 9.17) is 39.5 Å². The number of ether oxygens (including phenoxy) is 1. The number of hydrogen-bond acceptors (Lipinski definition) is 6. The van der Waals surface area contributed by atoms with Crippen LogP contribution in [0.25, 0.3) is 16.8 Å². The maximum atomic E-state index is 12.6. The Bertz CT molecular complexity index is 1270. The maximum Gasteiger partial charge on any atom is 0.323 e. The Kier molecular flexibility index (Phi) is 5.37. The van der Waals surface area contributed by atoms with E-state index in [1.54, 1.807) is 24.1 Å². The molecule has 0 fully saturated rings. The SMILES string of the molecule is COc1ncc(NC(=O)Nc2cnn3cc(Cl)nc3c2-c2cn(C)nc2Cl)cc1Cl. The third kappa shape index (κ3) is 3.84. The number of halogens is 3. The first-order chi connectivity index (χ1) is 14.4. The van der Waals surface area contributed by atoms with Gasteiger partial charge in [-0.1, -0.05) is 34.8 Å². The van der Waals surface area contributed by atoms with Crippen molar-refractivity contribution < 1.29 is 9.53 Å². The average Bonchev–Trinajstić information content (AvgIpc) is 3.22. The van der Waals surface area contributed by atoms with E-state index >= 15 is 0 Å². The molecular formula is C17H13Cl3N8O2. The highest BCUT2D eigenvalue weighted by atomic mass is 35.5. The van der Waals surface area contributed by atoms with Crippen molar-refractivity contribution in [2.45, 2.75) is 0 Å². The summed E-state index contributed by atoms with van der Waals surface area (Å²) in [5, 5.41) is 14.5. The van der Waals surface area contributed by atoms with Crippen molar-refractivity contribution in [3.05, 3.63) is 46.2 Å². The van der Waals surface area contributed by atoms with Crippen LogP contribution in [0.2, 0.25) is 15.3 Å². The van der Waals surface area contributed by atoms with Gasteiger partial charge >= 0.3 is 6.03 Å². The van der Waals surface area contributed by atoms with E-state index in [0.717, 1.165) is 0 Å². The lowest BCUT2D eigenvalue weighted by Gasteiger charge is -2.12. The Hall–Kier alpha value is -3.08. The maximum absolute atomic E-state index is 12.6. The summed E-state index contributed by atoms with van der Waals surface area (Å²) in [6.07, 6.45) is 6.12. The molecular weight excluding hydrogens is 455 g/mol. The normalized spacial score (nSPS) is 11.0. The highest BCUT2D eigenvalue weighted by Crippen LogP contribution is 2.36. The molecule has 0 aliphatic carbocycles. The van der Waals surface area contributed by atoms with Gasteiger partial charge in [-0.25, -0.2) is 19.3 Å². The number of rotatable bonds is 4. The summed E-state index contributed by atoms with van der Waals surface area (Å²) >= 11 is 18.4. The number of nitrogens with zero attached hydrogens (tertiary/aromatic N) is 6. The molecule has 4 aromatic heterocycles. The van der Waals surface area contributed by atoms with E-state index < -0.39 is 6.03 Å². The van der Waals surface area contributed by atoms with Gasteiger partial charge in [0.05, 0.1) is 42.6 Å². The largest absolute Gasteiger partial charge is 0.480 e. The minimum absolute atomic E-state index is 0.235. The van der Waals surface area contributed by atoms with Crippen LogP contribution in [0.5, 0.6) is 5.88 Å². The third-order valence-electron chi connectivity index (χ3n) is 4.02. The molecule has 154 valence electrons. The minimum Gasteiger partial charge on any atom is -0.480 e. The quantitative estimate of drug-likeness (QED) is 0.467. The topological polar surface area (TPSA) is 111 Å². The standard InChI is InChI=1S/C17H13Cl3N8O2/c1-27-6-9(14(20)26-27)13-11(5-22-28-7-12(19)25-15(13)28)24-17(29)23-8-3-10(18)16(30-2)21-4-8/h3-7H,1-2H3,(H2,23,24,29). The van der Waals surface area contributed by atoms with E-state index in [1.165, 1.54) is 30.1 Å². The molecule has 0 spiro atoms. The van der Waals surface area contributed by atoms with Gasteiger partial charge in [0.2, 0.25) is 5.88 Å². The predicted molar refractivity (Wildman–Crippen MR) is 114 cm³/mol. The zero-order valence-electron chi connectivity index (χ0n) is 15.5. The van der Waals surface area contributed by atoms with Crippen molar-refractivity contribution >= 4 is 57.9 Å². The van der Waals surface area contributed by atoms with E-state index in [-0.39, 0.29) is 21.2 Å². The molecule has 0 aliphatic heterocycles. The summed E-state index contributed by atoms with van der Waals surface area (Å²) in [7, 11) is 3.18. The molecule has 0 aromatic carbocycles. The van der Waals surface area contributed by atoms with Gasteiger partial charge in [-0.3, -0.25) is 4.68 Å². The summed E-state index contributed by atoms with van der Waals surface area (Å²) in [4.78, 5) is 20.9. The molecule has 10 nitrogen and oxygen atoms in total. The third-order valence-corrected chi connectivity index (χ3v) is 4.75. The number of aromatic nitrogens is 6. The lowest BCUT2D eigenvalue weighted by Crippen LogP contribution is -2.20. The van der Waals surface area contributed by atoms with Gasteiger partial charge in [0.15, 0.2) is 10.8 Å². The van der Waals surface area contributed by atoms with Crippen molar-refractivity contribution in [1.29, 1.82) is 0 Å². The van der Waals surface area contributed by atoms with Gasteiger partial charge in [0, 0.05) is 18.8 Å². The Labute approximate surface area is 184 Å². The summed E-state index contributed by atoms with van der Waals surface area (Å²) < 4.78 is 8.03. The fraction of sp³-hybridized carbons (Fsp3) is 0.118. The predicted octanol–water partition coefficient (Wildman–Crippen LogP) is 4.14. The number of aryl methyl sites for hydroxylation is 1. The molecule has 0 atom stereocenters. The Morgan fingerprint density at radius 3 is 2.63 bits per heavy atom. The van der Waals surface area contributed by atoms with Crippen molar-refractivity contribution in [3.63, 3.8) is 0 Å². The van der Waals surface area contributed by atoms with Gasteiger partial charge in [-0.2, -0.15) is 10.2 Å². The molecule has 4 aromatic rings.